The first kappa shape index (κ1) is 14.6. The molecule has 20 heavy (non-hydrogen) atoms. The normalized spacial score (nSPS) is 16.2. The Morgan fingerprint density at radius 1 is 1.40 bits per heavy atom. The summed E-state index contributed by atoms with van der Waals surface area (Å²) in [5.74, 6) is 0.325. The van der Waals surface area contributed by atoms with Gasteiger partial charge in [0, 0.05) is 37.0 Å². The van der Waals surface area contributed by atoms with Crippen molar-refractivity contribution in [3.8, 4) is 5.75 Å². The fourth-order valence-electron chi connectivity index (χ4n) is 2.72. The van der Waals surface area contributed by atoms with Crippen LogP contribution >= 0.6 is 0 Å². The van der Waals surface area contributed by atoms with Gasteiger partial charge < -0.3 is 15.0 Å². The molecule has 1 aromatic rings. The van der Waals surface area contributed by atoms with Crippen molar-refractivity contribution in [1.29, 1.82) is 0 Å². The first-order valence-electron chi connectivity index (χ1n) is 6.82. The number of rotatable bonds is 4. The van der Waals surface area contributed by atoms with Crippen LogP contribution in [0, 0.1) is 17.0 Å². The molecule has 2 rings (SSSR count). The summed E-state index contributed by atoms with van der Waals surface area (Å²) in [6.07, 6.45) is 2.16. The molecule has 0 unspecified atom stereocenters. The summed E-state index contributed by atoms with van der Waals surface area (Å²) in [5.41, 5.74) is 1.97. The van der Waals surface area contributed by atoms with Gasteiger partial charge >= 0.3 is 5.69 Å². The third-order valence-corrected chi connectivity index (χ3v) is 3.94. The van der Waals surface area contributed by atoms with E-state index < -0.39 is 4.92 Å². The number of nitro benzene ring substituents is 1. The molecule has 0 radical (unpaired) electrons. The molecule has 0 bridgehead atoms. The van der Waals surface area contributed by atoms with Crippen LogP contribution in [0.4, 0.5) is 11.4 Å². The number of nitro groups is 1. The van der Waals surface area contributed by atoms with E-state index >= 15 is 0 Å². The monoisotopic (exact) mass is 279 g/mol. The van der Waals surface area contributed by atoms with E-state index in [0.29, 0.717) is 11.8 Å². The molecule has 1 N–H and O–H groups in total. The zero-order valence-corrected chi connectivity index (χ0v) is 12.2. The minimum Gasteiger partial charge on any atom is -0.490 e. The Labute approximate surface area is 118 Å². The van der Waals surface area contributed by atoms with Crippen LogP contribution in [0.15, 0.2) is 12.1 Å². The molecule has 6 heteroatoms. The third kappa shape index (κ3) is 2.85. The van der Waals surface area contributed by atoms with E-state index in [2.05, 4.69) is 10.2 Å². The minimum atomic E-state index is -0.400. The highest BCUT2D eigenvalue weighted by Gasteiger charge is 2.23. The van der Waals surface area contributed by atoms with Crippen LogP contribution in [0.2, 0.25) is 0 Å². The first-order valence-corrected chi connectivity index (χ1v) is 6.82. The predicted octanol–water partition coefficient (Wildman–Crippen LogP) is 2.10. The Morgan fingerprint density at radius 2 is 2.05 bits per heavy atom. The van der Waals surface area contributed by atoms with Crippen molar-refractivity contribution in [2.75, 3.05) is 32.1 Å². The first-order chi connectivity index (χ1) is 9.56. The quantitative estimate of drug-likeness (QED) is 0.675. The van der Waals surface area contributed by atoms with Crippen molar-refractivity contribution in [3.05, 3.63) is 27.8 Å². The second-order valence-corrected chi connectivity index (χ2v) is 5.12. The third-order valence-electron chi connectivity index (χ3n) is 3.94. The van der Waals surface area contributed by atoms with Gasteiger partial charge in [-0.25, -0.2) is 0 Å². The number of aryl methyl sites for hydroxylation is 1. The average Bonchev–Trinajstić information content (AvgIpc) is 2.47. The largest absolute Gasteiger partial charge is 0.490 e. The van der Waals surface area contributed by atoms with Crippen molar-refractivity contribution < 1.29 is 9.66 Å². The van der Waals surface area contributed by atoms with Gasteiger partial charge in [-0.3, -0.25) is 10.1 Å². The molecule has 0 saturated carbocycles. The van der Waals surface area contributed by atoms with Gasteiger partial charge in [0.2, 0.25) is 0 Å². The molecule has 0 spiro atoms. The molecule has 0 aromatic heterocycles. The summed E-state index contributed by atoms with van der Waals surface area (Å²) < 4.78 is 5.15. The molecular formula is C14H21N3O3. The van der Waals surface area contributed by atoms with Crippen LogP contribution < -0.4 is 15.0 Å². The molecule has 6 nitrogen and oxygen atoms in total. The Kier molecular flexibility index (Phi) is 4.44. The molecule has 1 aromatic carbocycles. The Balaban J connectivity index is 2.26. The van der Waals surface area contributed by atoms with Gasteiger partial charge in [0.15, 0.2) is 5.75 Å². The molecule has 1 aliphatic rings. The van der Waals surface area contributed by atoms with Gasteiger partial charge in [0.05, 0.1) is 12.0 Å². The van der Waals surface area contributed by atoms with Crippen LogP contribution in [-0.2, 0) is 0 Å². The SMILES string of the molecule is CNC1CCN(c2cc(OC)c([N+](=O)[O-])cc2C)CC1. The summed E-state index contributed by atoms with van der Waals surface area (Å²) >= 11 is 0. The van der Waals surface area contributed by atoms with Crippen LogP contribution in [-0.4, -0.2) is 38.2 Å². The van der Waals surface area contributed by atoms with Gasteiger partial charge in [-0.05, 0) is 32.4 Å². The highest BCUT2D eigenvalue weighted by Crippen LogP contribution is 2.35. The van der Waals surface area contributed by atoms with Crippen molar-refractivity contribution >= 4 is 11.4 Å². The minimum absolute atomic E-state index is 0.0267. The molecule has 1 aliphatic heterocycles. The number of hydrogen-bond acceptors (Lipinski definition) is 5. The molecule has 0 atom stereocenters. The molecule has 0 aliphatic carbocycles. The standard InChI is InChI=1S/C14H21N3O3/c1-10-8-13(17(18)19)14(20-3)9-12(10)16-6-4-11(15-2)5-7-16/h8-9,11,15H,4-7H2,1-3H3. The van der Waals surface area contributed by atoms with E-state index in [1.165, 1.54) is 7.11 Å². The number of piperidine rings is 1. The van der Waals surface area contributed by atoms with Crippen LogP contribution in [0.1, 0.15) is 18.4 Å². The molecule has 0 amide bonds. The molecule has 1 fully saturated rings. The number of methoxy groups -OCH3 is 1. The second-order valence-electron chi connectivity index (χ2n) is 5.12. The maximum absolute atomic E-state index is 11.0. The van der Waals surface area contributed by atoms with Gasteiger partial charge in [-0.2, -0.15) is 0 Å². The predicted molar refractivity (Wildman–Crippen MR) is 78.7 cm³/mol. The number of anilines is 1. The van der Waals surface area contributed by atoms with E-state index in [0.717, 1.165) is 37.2 Å². The fraction of sp³-hybridized carbons (Fsp3) is 0.571. The second kappa shape index (κ2) is 6.09. The lowest BCUT2D eigenvalue weighted by molar-refractivity contribution is -0.385. The number of benzene rings is 1. The Bertz CT molecular complexity index is 497. The van der Waals surface area contributed by atoms with Crippen LogP contribution in [0.3, 0.4) is 0 Å². The highest BCUT2D eigenvalue weighted by atomic mass is 16.6. The van der Waals surface area contributed by atoms with E-state index in [1.807, 2.05) is 14.0 Å². The van der Waals surface area contributed by atoms with E-state index in [9.17, 15) is 10.1 Å². The summed E-state index contributed by atoms with van der Waals surface area (Å²) in [5, 5.41) is 14.3. The zero-order chi connectivity index (χ0) is 14.7. The summed E-state index contributed by atoms with van der Waals surface area (Å²) in [6.45, 7) is 3.81. The lowest BCUT2D eigenvalue weighted by Gasteiger charge is -2.34. The maximum Gasteiger partial charge on any atom is 0.311 e. The lowest BCUT2D eigenvalue weighted by Crippen LogP contribution is -2.41. The maximum atomic E-state index is 11.0. The van der Waals surface area contributed by atoms with Crippen molar-refractivity contribution in [3.63, 3.8) is 0 Å². The number of nitrogens with one attached hydrogen (secondary N) is 1. The van der Waals surface area contributed by atoms with Gasteiger partial charge in [0.1, 0.15) is 0 Å². The number of hydrogen-bond donors (Lipinski definition) is 1. The van der Waals surface area contributed by atoms with Gasteiger partial charge in [-0.1, -0.05) is 0 Å². The van der Waals surface area contributed by atoms with E-state index in [1.54, 1.807) is 12.1 Å². The van der Waals surface area contributed by atoms with Crippen molar-refractivity contribution in [1.82, 2.24) is 5.32 Å². The van der Waals surface area contributed by atoms with Gasteiger partial charge in [-0.15, -0.1) is 0 Å². The molecule has 110 valence electrons. The summed E-state index contributed by atoms with van der Waals surface area (Å²) in [4.78, 5) is 12.9. The van der Waals surface area contributed by atoms with Crippen LogP contribution in [0.5, 0.6) is 5.75 Å². The number of nitrogens with zero attached hydrogens (tertiary/aromatic N) is 2. The lowest BCUT2D eigenvalue weighted by atomic mass is 10.0. The van der Waals surface area contributed by atoms with Crippen molar-refractivity contribution in [2.45, 2.75) is 25.8 Å². The van der Waals surface area contributed by atoms with Crippen LogP contribution in [0.25, 0.3) is 0 Å². The Morgan fingerprint density at radius 3 is 2.55 bits per heavy atom. The molecular weight excluding hydrogens is 258 g/mol. The molecule has 1 heterocycles. The number of ether oxygens (including phenoxy) is 1. The fourth-order valence-corrected chi connectivity index (χ4v) is 2.72. The van der Waals surface area contributed by atoms with Gasteiger partial charge in [0.25, 0.3) is 0 Å². The Hall–Kier alpha value is -1.82. The van der Waals surface area contributed by atoms with E-state index in [-0.39, 0.29) is 5.69 Å². The zero-order valence-electron chi connectivity index (χ0n) is 12.2. The molecule has 1 saturated heterocycles. The average molecular weight is 279 g/mol. The highest BCUT2D eigenvalue weighted by molar-refractivity contribution is 5.64. The topological polar surface area (TPSA) is 67.6 Å². The van der Waals surface area contributed by atoms with Crippen molar-refractivity contribution in [2.24, 2.45) is 0 Å². The summed E-state index contributed by atoms with van der Waals surface area (Å²) in [7, 11) is 3.45. The summed E-state index contributed by atoms with van der Waals surface area (Å²) in [6, 6.07) is 3.94. The smallest absolute Gasteiger partial charge is 0.311 e. The van der Waals surface area contributed by atoms with E-state index in [4.69, 9.17) is 4.74 Å².